The number of guanidine groups is 1. The molecule has 0 aliphatic carbocycles. The van der Waals surface area contributed by atoms with Crippen molar-refractivity contribution < 1.29 is 17.6 Å². The maximum Gasteiger partial charge on any atom is 0.417 e. The smallest absolute Gasteiger partial charge is 0.369 e. The molecule has 0 spiro atoms. The Bertz CT molecular complexity index is 506. The fraction of sp³-hybridized carbons (Fsp3) is 0.111. The molecule has 0 aliphatic heterocycles. The molecule has 18 heavy (non-hydrogen) atoms. The number of nitrogens with zero attached hydrogens (tertiary/aromatic N) is 2. The van der Waals surface area contributed by atoms with Crippen LogP contribution in [0.25, 0.3) is 0 Å². The van der Waals surface area contributed by atoms with Gasteiger partial charge in [-0.15, -0.1) is 5.10 Å². The Morgan fingerprint density at radius 2 is 1.89 bits per heavy atom. The lowest BCUT2D eigenvalue weighted by molar-refractivity contribution is -0.137. The molecule has 0 aliphatic rings. The number of alkyl halides is 3. The highest BCUT2D eigenvalue weighted by Gasteiger charge is 2.34. The van der Waals surface area contributed by atoms with Gasteiger partial charge in [0, 0.05) is 0 Å². The Labute approximate surface area is 104 Å². The van der Waals surface area contributed by atoms with Crippen LogP contribution in [-0.4, -0.2) is 12.2 Å². The van der Waals surface area contributed by atoms with Gasteiger partial charge in [0.15, 0.2) is 0 Å². The summed E-state index contributed by atoms with van der Waals surface area (Å²) in [4.78, 5) is 0. The van der Waals surface area contributed by atoms with E-state index in [2.05, 4.69) is 10.2 Å². The summed E-state index contributed by atoms with van der Waals surface area (Å²) in [6.07, 6.45) is -3.90. The van der Waals surface area contributed by atoms with E-state index in [0.29, 0.717) is 6.07 Å². The van der Waals surface area contributed by atoms with Gasteiger partial charge in [-0.05, 0) is 17.7 Å². The summed E-state index contributed by atoms with van der Waals surface area (Å²) in [6, 6.07) is 1.42. The third-order valence-electron chi connectivity index (χ3n) is 1.74. The molecular weight excluding hydrogens is 276 g/mol. The number of benzene rings is 1. The van der Waals surface area contributed by atoms with Crippen molar-refractivity contribution in [2.24, 2.45) is 21.7 Å². The van der Waals surface area contributed by atoms with Gasteiger partial charge < -0.3 is 11.5 Å². The Kier molecular flexibility index (Phi) is 4.12. The molecule has 0 amide bonds. The fourth-order valence-corrected chi connectivity index (χ4v) is 1.27. The van der Waals surface area contributed by atoms with Crippen molar-refractivity contribution >= 4 is 23.8 Å². The van der Waals surface area contributed by atoms with Crippen molar-refractivity contribution in [2.75, 3.05) is 0 Å². The molecule has 1 rings (SSSR count). The van der Waals surface area contributed by atoms with Crippen LogP contribution in [-0.2, 0) is 6.18 Å². The van der Waals surface area contributed by atoms with Crippen LogP contribution in [0.15, 0.2) is 22.3 Å². The second kappa shape index (κ2) is 5.21. The van der Waals surface area contributed by atoms with Gasteiger partial charge in [-0.1, -0.05) is 11.6 Å². The predicted octanol–water partition coefficient (Wildman–Crippen LogP) is 2.11. The maximum absolute atomic E-state index is 13.2. The molecule has 1 aromatic rings. The van der Waals surface area contributed by atoms with E-state index in [1.54, 1.807) is 0 Å². The van der Waals surface area contributed by atoms with Gasteiger partial charge in [0.25, 0.3) is 0 Å². The van der Waals surface area contributed by atoms with E-state index in [1.165, 1.54) is 0 Å². The fourth-order valence-electron chi connectivity index (χ4n) is 1.05. The van der Waals surface area contributed by atoms with E-state index in [1.807, 2.05) is 0 Å². The van der Waals surface area contributed by atoms with Gasteiger partial charge in [0.05, 0.1) is 16.8 Å². The first-order valence-electron chi connectivity index (χ1n) is 4.40. The molecule has 0 heterocycles. The molecule has 1 aromatic carbocycles. The van der Waals surface area contributed by atoms with Gasteiger partial charge >= 0.3 is 6.18 Å². The Hall–Kier alpha value is -1.83. The van der Waals surface area contributed by atoms with Crippen LogP contribution < -0.4 is 11.5 Å². The SMILES string of the molecule is NC(N)=NN=Cc1cc(F)c(Cl)c(C(F)(F)F)c1. The molecule has 0 saturated carbocycles. The molecule has 0 aromatic heterocycles. The lowest BCUT2D eigenvalue weighted by Crippen LogP contribution is -2.21. The molecule has 0 fully saturated rings. The summed E-state index contributed by atoms with van der Waals surface area (Å²) in [5, 5.41) is 5.44. The van der Waals surface area contributed by atoms with E-state index < -0.39 is 22.6 Å². The van der Waals surface area contributed by atoms with Crippen molar-refractivity contribution in [2.45, 2.75) is 6.18 Å². The quantitative estimate of drug-likeness (QED) is 0.377. The number of hydrogen-bond acceptors (Lipinski definition) is 2. The van der Waals surface area contributed by atoms with Crippen LogP contribution >= 0.6 is 11.6 Å². The molecule has 0 atom stereocenters. The van der Waals surface area contributed by atoms with Crippen LogP contribution in [0.3, 0.4) is 0 Å². The highest BCUT2D eigenvalue weighted by atomic mass is 35.5. The zero-order chi connectivity index (χ0) is 13.9. The van der Waals surface area contributed by atoms with Crippen molar-refractivity contribution in [1.29, 1.82) is 0 Å². The van der Waals surface area contributed by atoms with Crippen LogP contribution in [0.2, 0.25) is 5.02 Å². The number of hydrogen-bond donors (Lipinski definition) is 2. The number of rotatable bonds is 2. The Morgan fingerprint density at radius 3 is 2.39 bits per heavy atom. The van der Waals surface area contributed by atoms with Crippen molar-refractivity contribution in [3.8, 4) is 0 Å². The minimum atomic E-state index is -4.77. The standard InChI is InChI=1S/C9H7ClF4N4/c10-7-5(9(12,13)14)1-4(2-6(7)11)3-17-18-8(15)16/h1-3H,(H4,15,16,18). The zero-order valence-electron chi connectivity index (χ0n) is 8.67. The second-order valence-corrected chi connectivity index (χ2v) is 3.51. The second-order valence-electron chi connectivity index (χ2n) is 3.13. The average Bonchev–Trinajstić information content (AvgIpc) is 2.20. The summed E-state index contributed by atoms with van der Waals surface area (Å²) in [5.74, 6) is -1.59. The molecule has 0 saturated heterocycles. The van der Waals surface area contributed by atoms with Gasteiger partial charge in [0.1, 0.15) is 5.82 Å². The highest BCUT2D eigenvalue weighted by Crippen LogP contribution is 2.36. The number of halogens is 5. The minimum Gasteiger partial charge on any atom is -0.369 e. The van der Waals surface area contributed by atoms with E-state index in [-0.39, 0.29) is 11.5 Å². The van der Waals surface area contributed by atoms with Crippen LogP contribution in [0.5, 0.6) is 0 Å². The monoisotopic (exact) mass is 282 g/mol. The summed E-state index contributed by atoms with van der Waals surface area (Å²) in [6.45, 7) is 0. The van der Waals surface area contributed by atoms with Crippen LogP contribution in [0.4, 0.5) is 17.6 Å². The van der Waals surface area contributed by atoms with Crippen molar-refractivity contribution in [3.05, 3.63) is 34.1 Å². The first-order valence-corrected chi connectivity index (χ1v) is 4.78. The topological polar surface area (TPSA) is 76.8 Å². The van der Waals surface area contributed by atoms with E-state index in [0.717, 1.165) is 12.3 Å². The van der Waals surface area contributed by atoms with E-state index in [4.69, 9.17) is 23.1 Å². The van der Waals surface area contributed by atoms with Gasteiger partial charge in [-0.25, -0.2) is 4.39 Å². The molecule has 4 N–H and O–H groups in total. The van der Waals surface area contributed by atoms with E-state index in [9.17, 15) is 17.6 Å². The summed E-state index contributed by atoms with van der Waals surface area (Å²) < 4.78 is 50.7. The largest absolute Gasteiger partial charge is 0.417 e. The summed E-state index contributed by atoms with van der Waals surface area (Å²) >= 11 is 5.23. The maximum atomic E-state index is 13.2. The first-order chi connectivity index (χ1) is 8.21. The van der Waals surface area contributed by atoms with Gasteiger partial charge in [-0.2, -0.15) is 18.3 Å². The molecule has 0 bridgehead atoms. The lowest BCUT2D eigenvalue weighted by Gasteiger charge is -2.10. The highest BCUT2D eigenvalue weighted by molar-refractivity contribution is 6.31. The first kappa shape index (κ1) is 14.2. The lowest BCUT2D eigenvalue weighted by atomic mass is 10.1. The van der Waals surface area contributed by atoms with Crippen molar-refractivity contribution in [1.82, 2.24) is 0 Å². The van der Waals surface area contributed by atoms with Gasteiger partial charge in [-0.3, -0.25) is 0 Å². The Morgan fingerprint density at radius 1 is 1.28 bits per heavy atom. The van der Waals surface area contributed by atoms with Crippen LogP contribution in [0, 0.1) is 5.82 Å². The predicted molar refractivity (Wildman–Crippen MR) is 59.8 cm³/mol. The molecule has 0 radical (unpaired) electrons. The molecular formula is C9H7ClF4N4. The molecule has 9 heteroatoms. The normalized spacial score (nSPS) is 11.8. The zero-order valence-corrected chi connectivity index (χ0v) is 9.43. The van der Waals surface area contributed by atoms with Gasteiger partial charge in [0.2, 0.25) is 5.96 Å². The van der Waals surface area contributed by atoms with Crippen molar-refractivity contribution in [3.63, 3.8) is 0 Å². The third kappa shape index (κ3) is 3.59. The summed E-state index contributed by atoms with van der Waals surface area (Å²) in [7, 11) is 0. The molecule has 0 unspecified atom stereocenters. The summed E-state index contributed by atoms with van der Waals surface area (Å²) in [5.41, 5.74) is 8.43. The molecule has 98 valence electrons. The number of nitrogens with two attached hydrogens (primary N) is 2. The van der Waals surface area contributed by atoms with Crippen LogP contribution in [0.1, 0.15) is 11.1 Å². The van der Waals surface area contributed by atoms with E-state index >= 15 is 0 Å². The Balaban J connectivity index is 3.21. The minimum absolute atomic E-state index is 0.172. The molecule has 4 nitrogen and oxygen atoms in total. The average molecular weight is 283 g/mol. The third-order valence-corrected chi connectivity index (χ3v) is 2.12.